The van der Waals surface area contributed by atoms with Gasteiger partial charge < -0.3 is 4.74 Å². The Bertz CT molecular complexity index is 140. The van der Waals surface area contributed by atoms with E-state index >= 15 is 0 Å². The van der Waals surface area contributed by atoms with Crippen molar-refractivity contribution < 1.29 is 4.74 Å². The van der Waals surface area contributed by atoms with Gasteiger partial charge >= 0.3 is 0 Å². The molecule has 1 heterocycles. The van der Waals surface area contributed by atoms with E-state index in [0.29, 0.717) is 0 Å². The molecule has 0 N–H and O–H groups in total. The van der Waals surface area contributed by atoms with Crippen LogP contribution < -0.4 is 0 Å². The monoisotopic (exact) mass is 138 g/mol. The summed E-state index contributed by atoms with van der Waals surface area (Å²) in [6.07, 6.45) is 8.69. The van der Waals surface area contributed by atoms with E-state index in [1.165, 1.54) is 19.3 Å². The normalized spacial score (nSPS) is 39.2. The average Bonchev–Trinajstić information content (AvgIpc) is 2.28. The van der Waals surface area contributed by atoms with Gasteiger partial charge in [0.15, 0.2) is 0 Å². The molecule has 0 aromatic heterocycles. The lowest BCUT2D eigenvalue weighted by Gasteiger charge is -2.09. The molecule has 0 unspecified atom stereocenters. The van der Waals surface area contributed by atoms with Gasteiger partial charge in [0.2, 0.25) is 0 Å². The van der Waals surface area contributed by atoms with Gasteiger partial charge in [0.05, 0.1) is 13.2 Å². The summed E-state index contributed by atoms with van der Waals surface area (Å²) in [7, 11) is 0. The lowest BCUT2D eigenvalue weighted by Crippen LogP contribution is -2.07. The molecule has 0 aromatic rings. The Balaban J connectivity index is 2.06. The first kappa shape index (κ1) is 6.41. The molecule has 0 amide bonds. The number of ether oxygens (including phenoxy) is 1. The van der Waals surface area contributed by atoms with Gasteiger partial charge in [-0.1, -0.05) is 12.2 Å². The minimum atomic E-state index is 0.752. The molecule has 10 heavy (non-hydrogen) atoms. The van der Waals surface area contributed by atoms with Crippen LogP contribution in [0.3, 0.4) is 0 Å². The molecule has 1 fully saturated rings. The molecular formula is C9H14O. The van der Waals surface area contributed by atoms with Gasteiger partial charge in [0, 0.05) is 5.92 Å². The van der Waals surface area contributed by atoms with Crippen LogP contribution in [0, 0.1) is 11.8 Å². The van der Waals surface area contributed by atoms with Crippen molar-refractivity contribution in [2.24, 2.45) is 11.8 Å². The highest BCUT2D eigenvalue weighted by molar-refractivity contribution is 4.96. The van der Waals surface area contributed by atoms with Crippen LogP contribution in [-0.2, 0) is 4.74 Å². The Morgan fingerprint density at radius 3 is 3.30 bits per heavy atom. The molecule has 1 nitrogen and oxygen atoms in total. The SMILES string of the molecule is C1=C[C@H]2COC[C@H]2CCC1. The topological polar surface area (TPSA) is 9.23 Å². The Hall–Kier alpha value is -0.300. The van der Waals surface area contributed by atoms with Gasteiger partial charge in [-0.2, -0.15) is 0 Å². The highest BCUT2D eigenvalue weighted by atomic mass is 16.5. The fourth-order valence-electron chi connectivity index (χ4n) is 1.89. The van der Waals surface area contributed by atoms with Crippen LogP contribution >= 0.6 is 0 Å². The Morgan fingerprint density at radius 2 is 2.30 bits per heavy atom. The summed E-state index contributed by atoms with van der Waals surface area (Å²) < 4.78 is 5.40. The minimum Gasteiger partial charge on any atom is -0.381 e. The highest BCUT2D eigenvalue weighted by Crippen LogP contribution is 2.29. The van der Waals surface area contributed by atoms with Crippen molar-refractivity contribution in [1.29, 1.82) is 0 Å². The predicted octanol–water partition coefficient (Wildman–Crippen LogP) is 1.99. The molecule has 1 aliphatic carbocycles. The summed E-state index contributed by atoms with van der Waals surface area (Å²) in [4.78, 5) is 0. The smallest absolute Gasteiger partial charge is 0.0532 e. The first-order valence-electron chi connectivity index (χ1n) is 4.21. The van der Waals surface area contributed by atoms with Crippen molar-refractivity contribution in [3.05, 3.63) is 12.2 Å². The number of hydrogen-bond donors (Lipinski definition) is 0. The van der Waals surface area contributed by atoms with Crippen molar-refractivity contribution in [3.8, 4) is 0 Å². The second-order valence-electron chi connectivity index (χ2n) is 3.32. The van der Waals surface area contributed by atoms with Crippen molar-refractivity contribution in [2.45, 2.75) is 19.3 Å². The maximum atomic E-state index is 5.40. The number of allylic oxidation sites excluding steroid dienone is 1. The second kappa shape index (κ2) is 2.75. The van der Waals surface area contributed by atoms with Crippen molar-refractivity contribution in [3.63, 3.8) is 0 Å². The fourth-order valence-corrected chi connectivity index (χ4v) is 1.89. The molecule has 1 saturated heterocycles. The minimum absolute atomic E-state index is 0.752. The van der Waals surface area contributed by atoms with Crippen LogP contribution in [0.25, 0.3) is 0 Å². The van der Waals surface area contributed by atoms with Crippen LogP contribution in [0.5, 0.6) is 0 Å². The molecule has 0 spiro atoms. The third kappa shape index (κ3) is 1.10. The van der Waals surface area contributed by atoms with E-state index in [1.54, 1.807) is 0 Å². The van der Waals surface area contributed by atoms with Gasteiger partial charge in [-0.25, -0.2) is 0 Å². The summed E-state index contributed by atoms with van der Waals surface area (Å²) in [5.41, 5.74) is 0. The standard InChI is InChI=1S/C9H14O/c1-2-4-8-6-10-7-9(8)5-3-1/h2,4,8-9H,1,3,5-7H2/t8-,9+/m0/s1. The van der Waals surface area contributed by atoms with E-state index in [-0.39, 0.29) is 0 Å². The van der Waals surface area contributed by atoms with Gasteiger partial charge in [0.25, 0.3) is 0 Å². The van der Waals surface area contributed by atoms with E-state index in [2.05, 4.69) is 12.2 Å². The molecule has 56 valence electrons. The van der Waals surface area contributed by atoms with Gasteiger partial charge in [0.1, 0.15) is 0 Å². The maximum absolute atomic E-state index is 5.40. The molecule has 1 heteroatoms. The molecule has 1 aliphatic heterocycles. The van der Waals surface area contributed by atoms with Crippen molar-refractivity contribution in [1.82, 2.24) is 0 Å². The molecule has 2 rings (SSSR count). The zero-order valence-electron chi connectivity index (χ0n) is 6.25. The largest absolute Gasteiger partial charge is 0.381 e. The molecule has 0 aromatic carbocycles. The first-order valence-corrected chi connectivity index (χ1v) is 4.21. The summed E-state index contributed by atoms with van der Waals surface area (Å²) >= 11 is 0. The molecule has 2 atom stereocenters. The highest BCUT2D eigenvalue weighted by Gasteiger charge is 2.26. The zero-order chi connectivity index (χ0) is 6.81. The van der Waals surface area contributed by atoms with Crippen molar-refractivity contribution >= 4 is 0 Å². The van der Waals surface area contributed by atoms with E-state index < -0.39 is 0 Å². The van der Waals surface area contributed by atoms with E-state index in [9.17, 15) is 0 Å². The number of rotatable bonds is 0. The molecule has 2 aliphatic rings. The summed E-state index contributed by atoms with van der Waals surface area (Å²) in [6, 6.07) is 0. The van der Waals surface area contributed by atoms with Gasteiger partial charge in [-0.3, -0.25) is 0 Å². The fraction of sp³-hybridized carbons (Fsp3) is 0.778. The third-order valence-corrected chi connectivity index (χ3v) is 2.58. The Labute approximate surface area is 62.1 Å². The number of fused-ring (bicyclic) bond motifs is 1. The molecular weight excluding hydrogens is 124 g/mol. The average molecular weight is 138 g/mol. The number of hydrogen-bond acceptors (Lipinski definition) is 1. The van der Waals surface area contributed by atoms with Crippen LogP contribution in [0.15, 0.2) is 12.2 Å². The quantitative estimate of drug-likeness (QED) is 0.465. The zero-order valence-corrected chi connectivity index (χ0v) is 6.25. The maximum Gasteiger partial charge on any atom is 0.0532 e. The van der Waals surface area contributed by atoms with E-state index in [4.69, 9.17) is 4.74 Å². The predicted molar refractivity (Wildman–Crippen MR) is 40.8 cm³/mol. The third-order valence-electron chi connectivity index (χ3n) is 2.58. The lowest BCUT2D eigenvalue weighted by molar-refractivity contribution is 0.181. The second-order valence-corrected chi connectivity index (χ2v) is 3.32. The van der Waals surface area contributed by atoms with E-state index in [0.717, 1.165) is 25.0 Å². The summed E-state index contributed by atoms with van der Waals surface area (Å²) in [5.74, 6) is 1.60. The Morgan fingerprint density at radius 1 is 1.30 bits per heavy atom. The first-order chi connectivity index (χ1) is 4.97. The summed E-state index contributed by atoms with van der Waals surface area (Å²) in [6.45, 7) is 1.98. The lowest BCUT2D eigenvalue weighted by atomic mass is 9.93. The van der Waals surface area contributed by atoms with Crippen LogP contribution in [0.4, 0.5) is 0 Å². The molecule has 0 saturated carbocycles. The van der Waals surface area contributed by atoms with Gasteiger partial charge in [-0.15, -0.1) is 0 Å². The molecule has 0 radical (unpaired) electrons. The van der Waals surface area contributed by atoms with Crippen molar-refractivity contribution in [2.75, 3.05) is 13.2 Å². The van der Waals surface area contributed by atoms with Gasteiger partial charge in [-0.05, 0) is 25.2 Å². The molecule has 0 bridgehead atoms. The van der Waals surface area contributed by atoms with E-state index in [1.807, 2.05) is 0 Å². The summed E-state index contributed by atoms with van der Waals surface area (Å²) in [5, 5.41) is 0. The Kier molecular flexibility index (Phi) is 1.76. The van der Waals surface area contributed by atoms with Crippen LogP contribution in [0.1, 0.15) is 19.3 Å². The van der Waals surface area contributed by atoms with Crippen LogP contribution in [0.2, 0.25) is 0 Å². The van der Waals surface area contributed by atoms with Crippen LogP contribution in [-0.4, -0.2) is 13.2 Å².